The van der Waals surface area contributed by atoms with Gasteiger partial charge in [0.15, 0.2) is 0 Å². The van der Waals surface area contributed by atoms with E-state index in [2.05, 4.69) is 0 Å². The summed E-state index contributed by atoms with van der Waals surface area (Å²) in [6.07, 6.45) is 0. The first-order valence-corrected chi connectivity index (χ1v) is 3.51. The Morgan fingerprint density at radius 1 is 1.09 bits per heavy atom. The molecule has 0 fully saturated rings. The van der Waals surface area contributed by atoms with Gasteiger partial charge in [0.1, 0.15) is 0 Å². The molecule has 0 saturated carbocycles. The van der Waals surface area contributed by atoms with Crippen LogP contribution in [0.1, 0.15) is 0 Å². The first-order chi connectivity index (χ1) is 4.70. The van der Waals surface area contributed by atoms with Crippen LogP contribution < -0.4 is 4.90 Å². The van der Waals surface area contributed by atoms with Gasteiger partial charge >= 0.3 is 0 Å². The van der Waals surface area contributed by atoms with Crippen LogP contribution in [0.25, 0.3) is 0 Å². The number of benzene rings is 1. The minimum atomic E-state index is 0. The standard InChI is InChI=1S/C8H10ClN.ClH/c1-10(2)8-5-3-7(9)4-6-8;/h3-6H,1-2H3;1H. The molecule has 0 amide bonds. The molecule has 62 valence electrons. The van der Waals surface area contributed by atoms with Crippen molar-refractivity contribution in [1.29, 1.82) is 0 Å². The largest absolute Gasteiger partial charge is 0.378 e. The number of halogens is 2. The average Bonchev–Trinajstić information content (AvgIpc) is 1.88. The fourth-order valence-electron chi connectivity index (χ4n) is 0.739. The van der Waals surface area contributed by atoms with E-state index < -0.39 is 0 Å². The van der Waals surface area contributed by atoms with Crippen molar-refractivity contribution in [3.8, 4) is 0 Å². The molecule has 0 saturated heterocycles. The fourth-order valence-corrected chi connectivity index (χ4v) is 0.865. The van der Waals surface area contributed by atoms with Crippen molar-refractivity contribution in [2.24, 2.45) is 0 Å². The van der Waals surface area contributed by atoms with Gasteiger partial charge in [-0.3, -0.25) is 0 Å². The van der Waals surface area contributed by atoms with E-state index in [0.717, 1.165) is 5.02 Å². The average molecular weight is 192 g/mol. The van der Waals surface area contributed by atoms with E-state index in [-0.39, 0.29) is 12.4 Å². The molecule has 0 spiro atoms. The number of nitrogens with zero attached hydrogens (tertiary/aromatic N) is 1. The highest BCUT2D eigenvalue weighted by atomic mass is 35.5. The van der Waals surface area contributed by atoms with Crippen LogP contribution >= 0.6 is 24.0 Å². The van der Waals surface area contributed by atoms with E-state index in [9.17, 15) is 0 Å². The Kier molecular flexibility index (Phi) is 4.31. The molecule has 0 aliphatic carbocycles. The maximum Gasteiger partial charge on any atom is 0.0407 e. The summed E-state index contributed by atoms with van der Waals surface area (Å²) in [7, 11) is 4.01. The Morgan fingerprint density at radius 3 is 1.91 bits per heavy atom. The first kappa shape index (κ1) is 10.6. The summed E-state index contributed by atoms with van der Waals surface area (Å²) < 4.78 is 0. The highest BCUT2D eigenvalue weighted by molar-refractivity contribution is 6.30. The van der Waals surface area contributed by atoms with E-state index in [1.165, 1.54) is 5.69 Å². The zero-order valence-electron chi connectivity index (χ0n) is 6.54. The summed E-state index contributed by atoms with van der Waals surface area (Å²) >= 11 is 5.70. The van der Waals surface area contributed by atoms with Gasteiger partial charge in [-0.15, -0.1) is 12.4 Å². The molecule has 0 N–H and O–H groups in total. The molecular weight excluding hydrogens is 181 g/mol. The van der Waals surface area contributed by atoms with Gasteiger partial charge in [0, 0.05) is 24.8 Å². The maximum atomic E-state index is 5.70. The van der Waals surface area contributed by atoms with Crippen LogP contribution in [0.3, 0.4) is 0 Å². The van der Waals surface area contributed by atoms with Gasteiger partial charge in [-0.2, -0.15) is 0 Å². The van der Waals surface area contributed by atoms with Crippen molar-refractivity contribution >= 4 is 29.7 Å². The second-order valence-corrected chi connectivity index (χ2v) is 2.81. The summed E-state index contributed by atoms with van der Waals surface area (Å²) in [5, 5.41) is 0.783. The van der Waals surface area contributed by atoms with Crippen LogP contribution in [0, 0.1) is 0 Å². The van der Waals surface area contributed by atoms with Crippen molar-refractivity contribution in [3.05, 3.63) is 29.3 Å². The van der Waals surface area contributed by atoms with Crippen LogP contribution in [0.5, 0.6) is 0 Å². The minimum absolute atomic E-state index is 0. The van der Waals surface area contributed by atoms with Crippen molar-refractivity contribution in [2.75, 3.05) is 19.0 Å². The molecule has 1 rings (SSSR count). The summed E-state index contributed by atoms with van der Waals surface area (Å²) in [5.41, 5.74) is 1.17. The molecule has 3 heteroatoms. The minimum Gasteiger partial charge on any atom is -0.378 e. The second kappa shape index (κ2) is 4.47. The van der Waals surface area contributed by atoms with Crippen molar-refractivity contribution in [2.45, 2.75) is 0 Å². The van der Waals surface area contributed by atoms with E-state index in [1.54, 1.807) is 0 Å². The molecule has 11 heavy (non-hydrogen) atoms. The van der Waals surface area contributed by atoms with E-state index >= 15 is 0 Å². The molecule has 0 radical (unpaired) electrons. The van der Waals surface area contributed by atoms with Gasteiger partial charge in [-0.05, 0) is 24.3 Å². The summed E-state index contributed by atoms with van der Waals surface area (Å²) in [6.45, 7) is 0. The second-order valence-electron chi connectivity index (χ2n) is 2.37. The Labute approximate surface area is 78.4 Å². The molecular formula is C8H11Cl2N. The lowest BCUT2D eigenvalue weighted by Gasteiger charge is -2.11. The van der Waals surface area contributed by atoms with E-state index in [1.807, 2.05) is 43.3 Å². The predicted molar refractivity (Wildman–Crippen MR) is 53.0 cm³/mol. The third kappa shape index (κ3) is 3.00. The Balaban J connectivity index is 0.000001000. The molecule has 0 bridgehead atoms. The smallest absolute Gasteiger partial charge is 0.0407 e. The maximum absolute atomic E-state index is 5.70. The fraction of sp³-hybridized carbons (Fsp3) is 0.250. The normalized spacial score (nSPS) is 8.64. The Bertz CT molecular complexity index is 206. The third-order valence-corrected chi connectivity index (χ3v) is 1.60. The zero-order valence-corrected chi connectivity index (χ0v) is 8.12. The van der Waals surface area contributed by atoms with Crippen LogP contribution in [-0.2, 0) is 0 Å². The highest BCUT2D eigenvalue weighted by Gasteiger charge is 1.91. The van der Waals surface area contributed by atoms with Crippen LogP contribution in [0.2, 0.25) is 5.02 Å². The lowest BCUT2D eigenvalue weighted by atomic mass is 10.3. The number of hydrogen-bond donors (Lipinski definition) is 0. The van der Waals surface area contributed by atoms with Gasteiger partial charge in [-0.1, -0.05) is 11.6 Å². The summed E-state index contributed by atoms with van der Waals surface area (Å²) in [5.74, 6) is 0. The number of hydrogen-bond acceptors (Lipinski definition) is 1. The molecule has 0 aromatic heterocycles. The molecule has 0 aliphatic rings. The lowest BCUT2D eigenvalue weighted by molar-refractivity contribution is 1.13. The van der Waals surface area contributed by atoms with Gasteiger partial charge in [0.05, 0.1) is 0 Å². The lowest BCUT2D eigenvalue weighted by Crippen LogP contribution is -2.07. The van der Waals surface area contributed by atoms with Crippen molar-refractivity contribution < 1.29 is 0 Å². The quantitative estimate of drug-likeness (QED) is 0.661. The molecule has 1 nitrogen and oxygen atoms in total. The van der Waals surface area contributed by atoms with Gasteiger partial charge < -0.3 is 4.90 Å². The molecule has 0 unspecified atom stereocenters. The summed E-state index contributed by atoms with van der Waals surface area (Å²) in [6, 6.07) is 7.75. The highest BCUT2D eigenvalue weighted by Crippen LogP contribution is 2.14. The van der Waals surface area contributed by atoms with Gasteiger partial charge in [0.25, 0.3) is 0 Å². The zero-order chi connectivity index (χ0) is 7.56. The van der Waals surface area contributed by atoms with Crippen LogP contribution in [0.15, 0.2) is 24.3 Å². The molecule has 1 aromatic rings. The Hall–Kier alpha value is -0.400. The number of anilines is 1. The van der Waals surface area contributed by atoms with Crippen LogP contribution in [-0.4, -0.2) is 14.1 Å². The van der Waals surface area contributed by atoms with Gasteiger partial charge in [-0.25, -0.2) is 0 Å². The predicted octanol–water partition coefficient (Wildman–Crippen LogP) is 2.83. The Morgan fingerprint density at radius 2 is 1.55 bits per heavy atom. The third-order valence-electron chi connectivity index (χ3n) is 1.34. The van der Waals surface area contributed by atoms with E-state index in [4.69, 9.17) is 11.6 Å². The SMILES string of the molecule is CN(C)c1ccc(Cl)cc1.Cl. The van der Waals surface area contributed by atoms with Crippen molar-refractivity contribution in [3.63, 3.8) is 0 Å². The topological polar surface area (TPSA) is 3.24 Å². The number of rotatable bonds is 1. The molecule has 0 heterocycles. The van der Waals surface area contributed by atoms with E-state index in [0.29, 0.717) is 0 Å². The first-order valence-electron chi connectivity index (χ1n) is 3.13. The molecule has 1 aromatic carbocycles. The molecule has 0 atom stereocenters. The monoisotopic (exact) mass is 191 g/mol. The molecule has 0 aliphatic heterocycles. The van der Waals surface area contributed by atoms with Crippen LogP contribution in [0.4, 0.5) is 5.69 Å². The van der Waals surface area contributed by atoms with Crippen molar-refractivity contribution in [1.82, 2.24) is 0 Å². The van der Waals surface area contributed by atoms with Gasteiger partial charge in [0.2, 0.25) is 0 Å². The summed E-state index contributed by atoms with van der Waals surface area (Å²) in [4.78, 5) is 2.04.